The number of esters is 1. The van der Waals surface area contributed by atoms with Gasteiger partial charge in [-0.1, -0.05) is 0 Å². The van der Waals surface area contributed by atoms with Crippen molar-refractivity contribution in [2.75, 3.05) is 20.7 Å². The van der Waals surface area contributed by atoms with Crippen molar-refractivity contribution in [3.05, 3.63) is 39.2 Å². The van der Waals surface area contributed by atoms with Crippen LogP contribution in [0.2, 0.25) is 0 Å². The minimum atomic E-state index is -0.850. The molecular weight excluding hydrogens is 271 g/mol. The van der Waals surface area contributed by atoms with E-state index in [1.807, 2.05) is 0 Å². The topological polar surface area (TPSA) is 89.8 Å². The Balaban J connectivity index is 3.15. The first kappa shape index (κ1) is 15.5. The molecule has 8 heteroatoms. The zero-order valence-electron chi connectivity index (χ0n) is 11.2. The number of methoxy groups -OCH3 is 1. The number of rotatable bonds is 4. The fourth-order valence-corrected chi connectivity index (χ4v) is 1.55. The van der Waals surface area contributed by atoms with E-state index in [1.165, 1.54) is 14.0 Å². The van der Waals surface area contributed by atoms with Gasteiger partial charge in [-0.15, -0.1) is 0 Å². The summed E-state index contributed by atoms with van der Waals surface area (Å²) in [5, 5.41) is 10.7. The molecule has 1 rings (SSSR count). The molecule has 0 unspecified atom stereocenters. The standard InChI is InChI=1S/C12H13FN2O5/c1-7-4-8(15(18)19)5-9(11(7)13)12(17)14(2)6-10(16)20-3/h4-5H,6H2,1-3H3. The molecule has 0 spiro atoms. The molecule has 0 aliphatic heterocycles. The average molecular weight is 284 g/mol. The van der Waals surface area contributed by atoms with E-state index in [0.29, 0.717) is 0 Å². The molecular formula is C12H13FN2O5. The van der Waals surface area contributed by atoms with Crippen LogP contribution in [0.1, 0.15) is 15.9 Å². The van der Waals surface area contributed by atoms with E-state index in [9.17, 15) is 24.1 Å². The summed E-state index contributed by atoms with van der Waals surface area (Å²) >= 11 is 0. The fraction of sp³-hybridized carbons (Fsp3) is 0.333. The van der Waals surface area contributed by atoms with Crippen molar-refractivity contribution in [3.63, 3.8) is 0 Å². The summed E-state index contributed by atoms with van der Waals surface area (Å²) in [6.45, 7) is 0.940. The molecule has 0 fully saturated rings. The molecule has 1 aromatic rings. The number of carbonyl (C=O) groups is 2. The monoisotopic (exact) mass is 284 g/mol. The molecule has 1 amide bonds. The second-order valence-electron chi connectivity index (χ2n) is 4.12. The van der Waals surface area contributed by atoms with Gasteiger partial charge in [0.15, 0.2) is 0 Å². The van der Waals surface area contributed by atoms with Crippen LogP contribution >= 0.6 is 0 Å². The highest BCUT2D eigenvalue weighted by atomic mass is 19.1. The number of ether oxygens (including phenoxy) is 1. The summed E-state index contributed by atoms with van der Waals surface area (Å²) in [6, 6.07) is 1.88. The zero-order chi connectivity index (χ0) is 15.4. The SMILES string of the molecule is COC(=O)CN(C)C(=O)c1cc([N+](=O)[O-])cc(C)c1F. The van der Waals surface area contributed by atoms with E-state index in [4.69, 9.17) is 0 Å². The maximum Gasteiger partial charge on any atom is 0.325 e. The summed E-state index contributed by atoms with van der Waals surface area (Å²) in [4.78, 5) is 34.0. The first-order valence-corrected chi connectivity index (χ1v) is 5.54. The average Bonchev–Trinajstić information content (AvgIpc) is 2.40. The van der Waals surface area contributed by atoms with Gasteiger partial charge < -0.3 is 9.64 Å². The molecule has 0 aromatic heterocycles. The molecule has 0 radical (unpaired) electrons. The molecule has 0 aliphatic rings. The third-order valence-electron chi connectivity index (χ3n) is 2.62. The zero-order valence-corrected chi connectivity index (χ0v) is 11.2. The van der Waals surface area contributed by atoms with Gasteiger partial charge in [0.25, 0.3) is 11.6 Å². The van der Waals surface area contributed by atoms with Gasteiger partial charge in [0.05, 0.1) is 17.6 Å². The number of aryl methyl sites for hydroxylation is 1. The Morgan fingerprint density at radius 2 is 2.05 bits per heavy atom. The van der Waals surface area contributed by atoms with Gasteiger partial charge in [0.2, 0.25) is 0 Å². The molecule has 0 N–H and O–H groups in total. The number of non-ortho nitro benzene ring substituents is 1. The highest BCUT2D eigenvalue weighted by Gasteiger charge is 2.23. The van der Waals surface area contributed by atoms with Crippen LogP contribution < -0.4 is 0 Å². The summed E-state index contributed by atoms with van der Waals surface area (Å²) in [5.41, 5.74) is -0.865. The van der Waals surface area contributed by atoms with Crippen LogP contribution in [0.15, 0.2) is 12.1 Å². The van der Waals surface area contributed by atoms with Crippen LogP contribution in [0.5, 0.6) is 0 Å². The van der Waals surface area contributed by atoms with Crippen molar-refractivity contribution < 1.29 is 23.6 Å². The van der Waals surface area contributed by atoms with Crippen molar-refractivity contribution >= 4 is 17.6 Å². The van der Waals surface area contributed by atoms with Crippen molar-refractivity contribution in [3.8, 4) is 0 Å². The lowest BCUT2D eigenvalue weighted by molar-refractivity contribution is -0.385. The Labute approximate surface area is 114 Å². The van der Waals surface area contributed by atoms with Crippen molar-refractivity contribution in [1.29, 1.82) is 0 Å². The lowest BCUT2D eigenvalue weighted by atomic mass is 10.1. The predicted octanol–water partition coefficient (Wildman–Crippen LogP) is 1.29. The second-order valence-corrected chi connectivity index (χ2v) is 4.12. The molecule has 0 atom stereocenters. The number of nitro groups is 1. The summed E-state index contributed by atoms with van der Waals surface area (Å²) < 4.78 is 18.3. The van der Waals surface area contributed by atoms with E-state index in [2.05, 4.69) is 4.74 Å². The van der Waals surface area contributed by atoms with Gasteiger partial charge in [0.1, 0.15) is 12.4 Å². The minimum absolute atomic E-state index is 0.0194. The molecule has 1 aromatic carbocycles. The number of nitro benzene ring substituents is 1. The Morgan fingerprint density at radius 3 is 2.55 bits per heavy atom. The lowest BCUT2D eigenvalue weighted by Crippen LogP contribution is -2.33. The van der Waals surface area contributed by atoms with Crippen LogP contribution in [-0.2, 0) is 9.53 Å². The number of benzene rings is 1. The van der Waals surface area contributed by atoms with Crippen LogP contribution in [0, 0.1) is 22.9 Å². The van der Waals surface area contributed by atoms with Crippen molar-refractivity contribution in [1.82, 2.24) is 4.90 Å². The Bertz CT molecular complexity index is 573. The number of carbonyl (C=O) groups excluding carboxylic acids is 2. The maximum absolute atomic E-state index is 13.9. The molecule has 108 valence electrons. The fourth-order valence-electron chi connectivity index (χ4n) is 1.55. The third kappa shape index (κ3) is 3.28. The van der Waals surface area contributed by atoms with E-state index in [0.717, 1.165) is 24.1 Å². The van der Waals surface area contributed by atoms with Crippen LogP contribution in [0.25, 0.3) is 0 Å². The number of likely N-dealkylation sites (N-methyl/N-ethyl adjacent to an activating group) is 1. The van der Waals surface area contributed by atoms with Gasteiger partial charge in [0, 0.05) is 19.2 Å². The van der Waals surface area contributed by atoms with E-state index in [-0.39, 0.29) is 12.1 Å². The molecule has 0 saturated carbocycles. The highest BCUT2D eigenvalue weighted by molar-refractivity contribution is 5.96. The summed E-state index contributed by atoms with van der Waals surface area (Å²) in [5.74, 6) is -2.36. The predicted molar refractivity (Wildman–Crippen MR) is 66.8 cm³/mol. The van der Waals surface area contributed by atoms with Gasteiger partial charge >= 0.3 is 5.97 Å². The van der Waals surface area contributed by atoms with Crippen LogP contribution in [0.4, 0.5) is 10.1 Å². The molecule has 20 heavy (non-hydrogen) atoms. The van der Waals surface area contributed by atoms with Gasteiger partial charge in [-0.2, -0.15) is 0 Å². The Kier molecular flexibility index (Phi) is 4.73. The molecule has 7 nitrogen and oxygen atoms in total. The lowest BCUT2D eigenvalue weighted by Gasteiger charge is -2.16. The first-order chi connectivity index (χ1) is 9.27. The quantitative estimate of drug-likeness (QED) is 0.472. The first-order valence-electron chi connectivity index (χ1n) is 5.54. The van der Waals surface area contributed by atoms with Crippen molar-refractivity contribution in [2.24, 2.45) is 0 Å². The van der Waals surface area contributed by atoms with Gasteiger partial charge in [-0.3, -0.25) is 19.7 Å². The number of hydrogen-bond acceptors (Lipinski definition) is 5. The normalized spacial score (nSPS) is 10.0. The molecule has 0 heterocycles. The number of nitrogens with zero attached hydrogens (tertiary/aromatic N) is 2. The second kappa shape index (κ2) is 6.09. The van der Waals surface area contributed by atoms with Crippen molar-refractivity contribution in [2.45, 2.75) is 6.92 Å². The smallest absolute Gasteiger partial charge is 0.325 e. The summed E-state index contributed by atoms with van der Waals surface area (Å²) in [6.07, 6.45) is 0. The van der Waals surface area contributed by atoms with Crippen LogP contribution in [-0.4, -0.2) is 42.4 Å². The third-order valence-corrected chi connectivity index (χ3v) is 2.62. The molecule has 0 saturated heterocycles. The van der Waals surface area contributed by atoms with E-state index >= 15 is 0 Å². The summed E-state index contributed by atoms with van der Waals surface area (Å²) in [7, 11) is 2.42. The van der Waals surface area contributed by atoms with Gasteiger partial charge in [-0.25, -0.2) is 4.39 Å². The minimum Gasteiger partial charge on any atom is -0.468 e. The van der Waals surface area contributed by atoms with E-state index < -0.39 is 33.9 Å². The Morgan fingerprint density at radius 1 is 1.45 bits per heavy atom. The van der Waals surface area contributed by atoms with Gasteiger partial charge in [-0.05, 0) is 12.5 Å². The number of amides is 1. The maximum atomic E-state index is 13.9. The number of hydrogen-bond donors (Lipinski definition) is 0. The Hall–Kier alpha value is -2.51. The van der Waals surface area contributed by atoms with E-state index in [1.54, 1.807) is 0 Å². The molecule has 0 bridgehead atoms. The number of halogens is 1. The molecule has 0 aliphatic carbocycles. The largest absolute Gasteiger partial charge is 0.468 e. The van der Waals surface area contributed by atoms with Crippen LogP contribution in [0.3, 0.4) is 0 Å². The highest BCUT2D eigenvalue weighted by Crippen LogP contribution is 2.22.